The second kappa shape index (κ2) is 5.76. The van der Waals surface area contributed by atoms with Gasteiger partial charge in [-0.3, -0.25) is 0 Å². The maximum absolute atomic E-state index is 12.4. The molecule has 1 fully saturated rings. The summed E-state index contributed by atoms with van der Waals surface area (Å²) in [7, 11) is -3.56. The van der Waals surface area contributed by atoms with E-state index in [9.17, 15) is 8.42 Å². The predicted octanol–water partition coefficient (Wildman–Crippen LogP) is 2.43. The van der Waals surface area contributed by atoms with Crippen molar-refractivity contribution in [3.05, 3.63) is 29.3 Å². The fraction of sp³-hybridized carbons (Fsp3) is 0.500. The number of benzene rings is 1. The lowest BCUT2D eigenvalue weighted by Gasteiger charge is -2.40. The maximum Gasteiger partial charge on any atom is 0.240 e. The lowest BCUT2D eigenvalue weighted by Crippen LogP contribution is -2.45. The molecule has 0 radical (unpaired) electrons. The first-order valence-corrected chi connectivity index (χ1v) is 9.19. The first kappa shape index (κ1) is 15.4. The van der Waals surface area contributed by atoms with Crippen LogP contribution in [0.3, 0.4) is 0 Å². The molecule has 0 atom stereocenters. The Morgan fingerprint density at radius 2 is 2.15 bits per heavy atom. The maximum atomic E-state index is 12.4. The third kappa shape index (κ3) is 3.00. The molecule has 4 nitrogen and oxygen atoms in total. The van der Waals surface area contributed by atoms with Crippen LogP contribution >= 0.6 is 11.8 Å². The van der Waals surface area contributed by atoms with Gasteiger partial charge in [-0.25, -0.2) is 13.1 Å². The summed E-state index contributed by atoms with van der Waals surface area (Å²) in [6.45, 7) is 2.19. The summed E-state index contributed by atoms with van der Waals surface area (Å²) in [6.07, 6.45) is 5.28. The van der Waals surface area contributed by atoms with E-state index in [1.54, 1.807) is 30.8 Å². The van der Waals surface area contributed by atoms with Gasteiger partial charge < -0.3 is 0 Å². The summed E-state index contributed by atoms with van der Waals surface area (Å²) in [5, 5.41) is 8.89. The SMILES string of the molecule is CSC1(CNS(=O)(=O)c2cc(C#N)ccc2C)CCC1. The van der Waals surface area contributed by atoms with Crippen molar-refractivity contribution in [1.29, 1.82) is 5.26 Å². The van der Waals surface area contributed by atoms with Crippen LogP contribution in [0, 0.1) is 18.3 Å². The van der Waals surface area contributed by atoms with Gasteiger partial charge in [0.1, 0.15) is 0 Å². The van der Waals surface area contributed by atoms with Crippen molar-refractivity contribution in [2.75, 3.05) is 12.8 Å². The zero-order chi connectivity index (χ0) is 14.8. The Labute approximate surface area is 124 Å². The van der Waals surface area contributed by atoms with Gasteiger partial charge in [-0.2, -0.15) is 17.0 Å². The normalized spacial score (nSPS) is 17.2. The number of rotatable bonds is 5. The molecule has 1 aromatic carbocycles. The van der Waals surface area contributed by atoms with Crippen LogP contribution in [0.15, 0.2) is 23.1 Å². The molecule has 2 rings (SSSR count). The molecule has 1 saturated carbocycles. The van der Waals surface area contributed by atoms with E-state index in [-0.39, 0.29) is 9.64 Å². The number of hydrogen-bond donors (Lipinski definition) is 1. The van der Waals surface area contributed by atoms with E-state index in [4.69, 9.17) is 5.26 Å². The lowest BCUT2D eigenvalue weighted by molar-refractivity contribution is 0.362. The van der Waals surface area contributed by atoms with Gasteiger partial charge in [0.2, 0.25) is 10.0 Å². The summed E-state index contributed by atoms with van der Waals surface area (Å²) < 4.78 is 27.5. The molecule has 0 aliphatic heterocycles. The number of aryl methyl sites for hydroxylation is 1. The van der Waals surface area contributed by atoms with E-state index in [0.29, 0.717) is 17.7 Å². The highest BCUT2D eigenvalue weighted by Gasteiger charge is 2.37. The Kier molecular flexibility index (Phi) is 4.43. The molecule has 1 aliphatic rings. The van der Waals surface area contributed by atoms with Crippen LogP contribution in [0.2, 0.25) is 0 Å². The summed E-state index contributed by atoms with van der Waals surface area (Å²) >= 11 is 1.73. The molecule has 1 aliphatic carbocycles. The minimum Gasteiger partial charge on any atom is -0.210 e. The third-order valence-electron chi connectivity index (χ3n) is 3.89. The molecule has 0 bridgehead atoms. The average molecular weight is 310 g/mol. The lowest BCUT2D eigenvalue weighted by atomic mass is 9.84. The zero-order valence-electron chi connectivity index (χ0n) is 11.6. The quantitative estimate of drug-likeness (QED) is 0.907. The van der Waals surface area contributed by atoms with E-state index in [0.717, 1.165) is 19.3 Å². The van der Waals surface area contributed by atoms with Crippen molar-refractivity contribution in [3.63, 3.8) is 0 Å². The van der Waals surface area contributed by atoms with Gasteiger partial charge in [0.05, 0.1) is 16.5 Å². The third-order valence-corrected chi connectivity index (χ3v) is 6.85. The van der Waals surface area contributed by atoms with Gasteiger partial charge in [0, 0.05) is 11.3 Å². The highest BCUT2D eigenvalue weighted by atomic mass is 32.2. The molecule has 0 spiro atoms. The molecule has 6 heteroatoms. The fourth-order valence-electron chi connectivity index (χ4n) is 2.29. The summed E-state index contributed by atoms with van der Waals surface area (Å²) in [4.78, 5) is 0.201. The smallest absolute Gasteiger partial charge is 0.210 e. The van der Waals surface area contributed by atoms with Gasteiger partial charge in [-0.1, -0.05) is 12.5 Å². The monoisotopic (exact) mass is 310 g/mol. The van der Waals surface area contributed by atoms with Crippen LogP contribution < -0.4 is 4.72 Å². The Hall–Kier alpha value is -1.03. The molecule has 1 N–H and O–H groups in total. The predicted molar refractivity (Wildman–Crippen MR) is 81.2 cm³/mol. The Balaban J connectivity index is 2.20. The molecule has 0 unspecified atom stereocenters. The Bertz CT molecular complexity index is 638. The van der Waals surface area contributed by atoms with Gasteiger partial charge >= 0.3 is 0 Å². The molecule has 0 amide bonds. The van der Waals surface area contributed by atoms with Crippen LogP contribution in [0.1, 0.15) is 30.4 Å². The van der Waals surface area contributed by atoms with E-state index in [1.807, 2.05) is 12.3 Å². The number of nitrogens with zero attached hydrogens (tertiary/aromatic N) is 1. The second-order valence-corrected chi connectivity index (χ2v) is 8.17. The van der Waals surface area contributed by atoms with E-state index in [1.165, 1.54) is 6.07 Å². The van der Waals surface area contributed by atoms with E-state index in [2.05, 4.69) is 4.72 Å². The molecule has 20 heavy (non-hydrogen) atoms. The molecular weight excluding hydrogens is 292 g/mol. The molecular formula is C14H18N2O2S2. The zero-order valence-corrected chi connectivity index (χ0v) is 13.3. The van der Waals surface area contributed by atoms with Gasteiger partial charge in [-0.05, 0) is 43.7 Å². The Morgan fingerprint density at radius 1 is 1.45 bits per heavy atom. The molecule has 0 saturated heterocycles. The molecule has 0 heterocycles. The van der Waals surface area contributed by atoms with Crippen molar-refractivity contribution in [1.82, 2.24) is 4.72 Å². The van der Waals surface area contributed by atoms with Crippen molar-refractivity contribution in [2.24, 2.45) is 0 Å². The van der Waals surface area contributed by atoms with Crippen molar-refractivity contribution in [3.8, 4) is 6.07 Å². The highest BCUT2D eigenvalue weighted by Crippen LogP contribution is 2.42. The molecule has 1 aromatic rings. The van der Waals surface area contributed by atoms with Gasteiger partial charge in [0.25, 0.3) is 0 Å². The number of nitriles is 1. The summed E-state index contributed by atoms with van der Waals surface area (Å²) in [5.41, 5.74) is 1.02. The topological polar surface area (TPSA) is 70.0 Å². The number of hydrogen-bond acceptors (Lipinski definition) is 4. The molecule has 0 aromatic heterocycles. The summed E-state index contributed by atoms with van der Waals surface area (Å²) in [5.74, 6) is 0. The average Bonchev–Trinajstić information content (AvgIpc) is 2.38. The number of thioether (sulfide) groups is 1. The Morgan fingerprint density at radius 3 is 2.65 bits per heavy atom. The van der Waals surface area contributed by atoms with E-state index >= 15 is 0 Å². The van der Waals surface area contributed by atoms with Crippen LogP contribution in [0.4, 0.5) is 0 Å². The van der Waals surface area contributed by atoms with Crippen LogP contribution in [0.25, 0.3) is 0 Å². The van der Waals surface area contributed by atoms with Crippen molar-refractivity contribution >= 4 is 21.8 Å². The van der Waals surface area contributed by atoms with Crippen molar-refractivity contribution in [2.45, 2.75) is 35.8 Å². The second-order valence-electron chi connectivity index (χ2n) is 5.16. The standard InChI is InChI=1S/C14H18N2O2S2/c1-11-4-5-12(9-15)8-13(11)20(17,18)16-10-14(19-2)6-3-7-14/h4-5,8,16H,3,6-7,10H2,1-2H3. The fourth-order valence-corrected chi connectivity index (χ4v) is 4.69. The van der Waals surface area contributed by atoms with Crippen LogP contribution in [-0.2, 0) is 10.0 Å². The van der Waals surface area contributed by atoms with Crippen LogP contribution in [-0.4, -0.2) is 26.0 Å². The van der Waals surface area contributed by atoms with Gasteiger partial charge in [0.15, 0.2) is 0 Å². The first-order chi connectivity index (χ1) is 9.42. The first-order valence-electron chi connectivity index (χ1n) is 6.48. The molecule has 108 valence electrons. The number of sulfonamides is 1. The van der Waals surface area contributed by atoms with E-state index < -0.39 is 10.0 Å². The highest BCUT2D eigenvalue weighted by molar-refractivity contribution is 8.00. The number of nitrogens with one attached hydrogen (secondary N) is 1. The van der Waals surface area contributed by atoms with Gasteiger partial charge in [-0.15, -0.1) is 0 Å². The minimum atomic E-state index is -3.56. The summed E-state index contributed by atoms with van der Waals surface area (Å²) in [6, 6.07) is 6.71. The largest absolute Gasteiger partial charge is 0.240 e. The van der Waals surface area contributed by atoms with Crippen molar-refractivity contribution < 1.29 is 8.42 Å². The minimum absolute atomic E-state index is 0.0494. The van der Waals surface area contributed by atoms with Crippen LogP contribution in [0.5, 0.6) is 0 Å².